The molecule has 0 aliphatic carbocycles. The average Bonchev–Trinajstić information content (AvgIpc) is 2.52. The Morgan fingerprint density at radius 1 is 1.05 bits per heavy atom. The van der Waals surface area contributed by atoms with Gasteiger partial charge in [-0.3, -0.25) is 4.79 Å². The first kappa shape index (κ1) is 16.5. The molecular formula is C18H21ClN2O. The Bertz CT molecular complexity index is 611. The maximum Gasteiger partial charge on any atom is 0.221 e. The SMILES string of the molecule is Cc1ccccc1CNCCC(=O)NCc1ccc(Cl)cc1. The molecule has 0 fully saturated rings. The van der Waals surface area contributed by atoms with Crippen LogP contribution < -0.4 is 10.6 Å². The van der Waals surface area contributed by atoms with Crippen molar-refractivity contribution in [3.63, 3.8) is 0 Å². The summed E-state index contributed by atoms with van der Waals surface area (Å²) in [4.78, 5) is 11.8. The van der Waals surface area contributed by atoms with Crippen LogP contribution >= 0.6 is 11.6 Å². The predicted molar refractivity (Wildman–Crippen MR) is 90.8 cm³/mol. The normalized spacial score (nSPS) is 10.5. The molecule has 0 radical (unpaired) electrons. The second kappa shape index (κ2) is 8.57. The number of nitrogens with one attached hydrogen (secondary N) is 2. The minimum absolute atomic E-state index is 0.0484. The standard InChI is InChI=1S/C18H21ClN2O/c1-14-4-2-3-5-16(14)13-20-11-10-18(22)21-12-15-6-8-17(19)9-7-15/h2-9,20H,10-13H2,1H3,(H,21,22). The van der Waals surface area contributed by atoms with Gasteiger partial charge in [0.15, 0.2) is 0 Å². The zero-order valence-corrected chi connectivity index (χ0v) is 13.5. The van der Waals surface area contributed by atoms with Crippen molar-refractivity contribution in [2.45, 2.75) is 26.4 Å². The van der Waals surface area contributed by atoms with Crippen LogP contribution in [0.25, 0.3) is 0 Å². The van der Waals surface area contributed by atoms with Crippen LogP contribution in [0, 0.1) is 6.92 Å². The van der Waals surface area contributed by atoms with Crippen molar-refractivity contribution < 1.29 is 4.79 Å². The Kier molecular flexibility index (Phi) is 6.44. The van der Waals surface area contributed by atoms with Crippen LogP contribution in [0.15, 0.2) is 48.5 Å². The molecular weight excluding hydrogens is 296 g/mol. The molecule has 0 aromatic heterocycles. The smallest absolute Gasteiger partial charge is 0.221 e. The van der Waals surface area contributed by atoms with Gasteiger partial charge in [0.1, 0.15) is 0 Å². The van der Waals surface area contributed by atoms with E-state index in [4.69, 9.17) is 11.6 Å². The Hall–Kier alpha value is -1.84. The van der Waals surface area contributed by atoms with Crippen molar-refractivity contribution in [1.29, 1.82) is 0 Å². The number of halogens is 1. The van der Waals surface area contributed by atoms with E-state index < -0.39 is 0 Å². The van der Waals surface area contributed by atoms with Crippen molar-refractivity contribution in [2.24, 2.45) is 0 Å². The number of hydrogen-bond donors (Lipinski definition) is 2. The molecule has 2 N–H and O–H groups in total. The van der Waals surface area contributed by atoms with Gasteiger partial charge < -0.3 is 10.6 Å². The zero-order chi connectivity index (χ0) is 15.8. The fourth-order valence-electron chi connectivity index (χ4n) is 2.12. The summed E-state index contributed by atoms with van der Waals surface area (Å²) < 4.78 is 0. The Balaban J connectivity index is 1.64. The number of rotatable bonds is 7. The monoisotopic (exact) mass is 316 g/mol. The van der Waals surface area contributed by atoms with E-state index in [1.54, 1.807) is 0 Å². The molecule has 0 saturated carbocycles. The molecule has 4 heteroatoms. The lowest BCUT2D eigenvalue weighted by Gasteiger charge is -2.08. The van der Waals surface area contributed by atoms with E-state index in [2.05, 4.69) is 29.7 Å². The Morgan fingerprint density at radius 3 is 2.50 bits per heavy atom. The van der Waals surface area contributed by atoms with Gasteiger partial charge in [0.25, 0.3) is 0 Å². The third-order valence-electron chi connectivity index (χ3n) is 3.51. The van der Waals surface area contributed by atoms with Gasteiger partial charge >= 0.3 is 0 Å². The van der Waals surface area contributed by atoms with Crippen LogP contribution in [-0.2, 0) is 17.9 Å². The third-order valence-corrected chi connectivity index (χ3v) is 3.76. The first-order valence-corrected chi connectivity index (χ1v) is 7.79. The number of carbonyl (C=O) groups is 1. The number of benzene rings is 2. The Morgan fingerprint density at radius 2 is 1.77 bits per heavy atom. The lowest BCUT2D eigenvalue weighted by Crippen LogP contribution is -2.27. The first-order chi connectivity index (χ1) is 10.6. The van der Waals surface area contributed by atoms with Crippen molar-refractivity contribution >= 4 is 17.5 Å². The summed E-state index contributed by atoms with van der Waals surface area (Å²) in [5.74, 6) is 0.0484. The summed E-state index contributed by atoms with van der Waals surface area (Å²) in [7, 11) is 0. The van der Waals surface area contributed by atoms with Gasteiger partial charge in [0, 0.05) is 31.1 Å². The van der Waals surface area contributed by atoms with Gasteiger partial charge in [-0.25, -0.2) is 0 Å². The third kappa shape index (κ3) is 5.51. The van der Waals surface area contributed by atoms with Crippen molar-refractivity contribution in [2.75, 3.05) is 6.54 Å². The molecule has 0 atom stereocenters. The summed E-state index contributed by atoms with van der Waals surface area (Å²) in [6, 6.07) is 15.7. The molecule has 0 aliphatic rings. The first-order valence-electron chi connectivity index (χ1n) is 7.41. The molecule has 0 heterocycles. The van der Waals surface area contributed by atoms with E-state index in [1.165, 1.54) is 11.1 Å². The molecule has 0 spiro atoms. The predicted octanol–water partition coefficient (Wildman–Crippen LogP) is 3.44. The minimum atomic E-state index is 0.0484. The molecule has 0 saturated heterocycles. The highest BCUT2D eigenvalue weighted by atomic mass is 35.5. The molecule has 116 valence electrons. The topological polar surface area (TPSA) is 41.1 Å². The lowest BCUT2D eigenvalue weighted by atomic mass is 10.1. The number of carbonyl (C=O) groups excluding carboxylic acids is 1. The maximum absolute atomic E-state index is 11.8. The van der Waals surface area contributed by atoms with E-state index >= 15 is 0 Å². The molecule has 2 aromatic carbocycles. The molecule has 0 aliphatic heterocycles. The van der Waals surface area contributed by atoms with Gasteiger partial charge in [-0.2, -0.15) is 0 Å². The van der Waals surface area contributed by atoms with Gasteiger partial charge in [0.2, 0.25) is 5.91 Å². The lowest BCUT2D eigenvalue weighted by molar-refractivity contribution is -0.121. The van der Waals surface area contributed by atoms with Gasteiger partial charge in [-0.15, -0.1) is 0 Å². The molecule has 2 aromatic rings. The summed E-state index contributed by atoms with van der Waals surface area (Å²) in [5, 5.41) is 6.91. The highest BCUT2D eigenvalue weighted by Gasteiger charge is 2.02. The summed E-state index contributed by atoms with van der Waals surface area (Å²) in [6.45, 7) is 4.08. The van der Waals surface area contributed by atoms with Crippen LogP contribution in [0.5, 0.6) is 0 Å². The Labute approximate surface area is 136 Å². The van der Waals surface area contributed by atoms with Crippen LogP contribution in [0.2, 0.25) is 5.02 Å². The van der Waals surface area contributed by atoms with Gasteiger partial charge in [-0.05, 0) is 35.7 Å². The molecule has 0 unspecified atom stereocenters. The van der Waals surface area contributed by atoms with Gasteiger partial charge in [0.05, 0.1) is 0 Å². The quantitative estimate of drug-likeness (QED) is 0.768. The second-order valence-electron chi connectivity index (χ2n) is 5.26. The molecule has 0 bridgehead atoms. The summed E-state index contributed by atoms with van der Waals surface area (Å²) in [6.07, 6.45) is 0.472. The van der Waals surface area contributed by atoms with Gasteiger partial charge in [-0.1, -0.05) is 48.0 Å². The van der Waals surface area contributed by atoms with Crippen molar-refractivity contribution in [1.82, 2.24) is 10.6 Å². The van der Waals surface area contributed by atoms with Crippen LogP contribution in [0.3, 0.4) is 0 Å². The van der Waals surface area contributed by atoms with Crippen molar-refractivity contribution in [3.8, 4) is 0 Å². The van der Waals surface area contributed by atoms with Crippen LogP contribution in [0.1, 0.15) is 23.1 Å². The zero-order valence-electron chi connectivity index (χ0n) is 12.7. The summed E-state index contributed by atoms with van der Waals surface area (Å²) in [5.41, 5.74) is 3.58. The highest BCUT2D eigenvalue weighted by molar-refractivity contribution is 6.30. The molecule has 1 amide bonds. The fraction of sp³-hybridized carbons (Fsp3) is 0.278. The van der Waals surface area contributed by atoms with Crippen LogP contribution in [0.4, 0.5) is 0 Å². The maximum atomic E-state index is 11.8. The van der Waals surface area contributed by atoms with E-state index in [0.29, 0.717) is 24.5 Å². The average molecular weight is 317 g/mol. The van der Waals surface area contributed by atoms with Crippen LogP contribution in [-0.4, -0.2) is 12.5 Å². The molecule has 22 heavy (non-hydrogen) atoms. The van der Waals surface area contributed by atoms with E-state index in [9.17, 15) is 4.79 Å². The van der Waals surface area contributed by atoms with E-state index in [0.717, 1.165) is 12.1 Å². The fourth-order valence-corrected chi connectivity index (χ4v) is 2.25. The number of hydrogen-bond acceptors (Lipinski definition) is 2. The molecule has 2 rings (SSSR count). The number of amides is 1. The second-order valence-corrected chi connectivity index (χ2v) is 5.69. The van der Waals surface area contributed by atoms with E-state index in [1.807, 2.05) is 36.4 Å². The minimum Gasteiger partial charge on any atom is -0.352 e. The number of aryl methyl sites for hydroxylation is 1. The summed E-state index contributed by atoms with van der Waals surface area (Å²) >= 11 is 5.82. The van der Waals surface area contributed by atoms with Crippen molar-refractivity contribution in [3.05, 3.63) is 70.2 Å². The van der Waals surface area contributed by atoms with E-state index in [-0.39, 0.29) is 5.91 Å². The highest BCUT2D eigenvalue weighted by Crippen LogP contribution is 2.09. The largest absolute Gasteiger partial charge is 0.352 e. The molecule has 3 nitrogen and oxygen atoms in total.